The average molecular weight is 421 g/mol. The van der Waals surface area contributed by atoms with E-state index in [1.54, 1.807) is 13.0 Å². The molecular weight excluding hydrogens is 397 g/mol. The van der Waals surface area contributed by atoms with Gasteiger partial charge in [0.15, 0.2) is 0 Å². The maximum absolute atomic E-state index is 13.4. The number of morpholine rings is 1. The number of sulfonamides is 1. The summed E-state index contributed by atoms with van der Waals surface area (Å²) in [5.41, 5.74) is 1.90. The molecular formula is C20H24FN3O4S. The molecule has 1 aliphatic heterocycles. The molecule has 0 radical (unpaired) electrons. The van der Waals surface area contributed by atoms with E-state index in [1.807, 2.05) is 4.90 Å². The summed E-state index contributed by atoms with van der Waals surface area (Å²) in [5, 5.41) is 2.77. The number of carbonyl (C=O) groups is 1. The normalized spacial score (nSPS) is 14.9. The van der Waals surface area contributed by atoms with Gasteiger partial charge in [-0.25, -0.2) is 17.1 Å². The topological polar surface area (TPSA) is 79.0 Å². The molecule has 156 valence electrons. The molecule has 3 rings (SSSR count). The van der Waals surface area contributed by atoms with Gasteiger partial charge in [0.1, 0.15) is 5.82 Å². The zero-order chi connectivity index (χ0) is 21.2. The molecule has 1 heterocycles. The van der Waals surface area contributed by atoms with E-state index in [2.05, 4.69) is 5.32 Å². The van der Waals surface area contributed by atoms with Crippen LogP contribution in [0.5, 0.6) is 0 Å². The Labute approximate surface area is 170 Å². The Hall–Kier alpha value is -2.49. The van der Waals surface area contributed by atoms with Crippen LogP contribution in [0.4, 0.5) is 15.8 Å². The number of nitrogens with one attached hydrogen (secondary N) is 1. The molecule has 0 aliphatic carbocycles. The third-order valence-electron chi connectivity index (χ3n) is 4.78. The molecule has 1 fully saturated rings. The number of anilines is 2. The predicted molar refractivity (Wildman–Crippen MR) is 109 cm³/mol. The molecule has 7 nitrogen and oxygen atoms in total. The van der Waals surface area contributed by atoms with Crippen molar-refractivity contribution < 1.29 is 22.3 Å². The number of benzene rings is 2. The van der Waals surface area contributed by atoms with Crippen molar-refractivity contribution in [3.8, 4) is 0 Å². The Morgan fingerprint density at radius 3 is 2.45 bits per heavy atom. The van der Waals surface area contributed by atoms with Gasteiger partial charge in [-0.1, -0.05) is 0 Å². The van der Waals surface area contributed by atoms with E-state index >= 15 is 0 Å². The molecule has 0 aromatic heterocycles. The first kappa shape index (κ1) is 21.2. The maximum Gasteiger partial charge on any atom is 0.257 e. The number of rotatable bonds is 5. The number of ether oxygens (including phenoxy) is 1. The van der Waals surface area contributed by atoms with Crippen LogP contribution in [0.15, 0.2) is 41.3 Å². The summed E-state index contributed by atoms with van der Waals surface area (Å²) >= 11 is 0. The molecule has 2 aromatic rings. The van der Waals surface area contributed by atoms with Crippen molar-refractivity contribution in [1.82, 2.24) is 4.31 Å². The summed E-state index contributed by atoms with van der Waals surface area (Å²) < 4.78 is 45.0. The monoisotopic (exact) mass is 421 g/mol. The van der Waals surface area contributed by atoms with E-state index in [-0.39, 0.29) is 10.5 Å². The van der Waals surface area contributed by atoms with Crippen LogP contribution in [0.2, 0.25) is 0 Å². The molecule has 0 bridgehead atoms. The second kappa shape index (κ2) is 8.48. The van der Waals surface area contributed by atoms with Crippen LogP contribution in [0.25, 0.3) is 0 Å². The molecule has 0 spiro atoms. The molecule has 2 aromatic carbocycles. The van der Waals surface area contributed by atoms with Gasteiger partial charge in [0.2, 0.25) is 10.0 Å². The van der Waals surface area contributed by atoms with Crippen LogP contribution in [0.1, 0.15) is 15.9 Å². The fourth-order valence-electron chi connectivity index (χ4n) is 3.11. The van der Waals surface area contributed by atoms with Gasteiger partial charge in [-0.05, 0) is 48.9 Å². The molecule has 0 atom stereocenters. The minimum atomic E-state index is -3.71. The fourth-order valence-corrected chi connectivity index (χ4v) is 4.03. The summed E-state index contributed by atoms with van der Waals surface area (Å²) in [4.78, 5) is 15.1. The highest BCUT2D eigenvalue weighted by Gasteiger charge is 2.24. The summed E-state index contributed by atoms with van der Waals surface area (Å²) in [6.45, 7) is 3.92. The molecule has 1 saturated heterocycles. The second-order valence-electron chi connectivity index (χ2n) is 6.98. The lowest BCUT2D eigenvalue weighted by Gasteiger charge is -2.30. The van der Waals surface area contributed by atoms with Gasteiger partial charge in [-0.3, -0.25) is 4.79 Å². The molecule has 1 aliphatic rings. The van der Waals surface area contributed by atoms with E-state index in [0.717, 1.165) is 4.31 Å². The summed E-state index contributed by atoms with van der Waals surface area (Å²) in [5.74, 6) is -0.856. The Morgan fingerprint density at radius 1 is 1.14 bits per heavy atom. The van der Waals surface area contributed by atoms with Crippen molar-refractivity contribution in [1.29, 1.82) is 0 Å². The number of aryl methyl sites for hydroxylation is 1. The standard InChI is InChI=1S/C20H24FN3O4S/c1-14-12-15(21)4-6-18(14)22-20(25)17-13-16(29(26,27)23(2)3)5-7-19(17)24-8-10-28-11-9-24/h4-7,12-13H,8-11H2,1-3H3,(H,22,25). The lowest BCUT2D eigenvalue weighted by Crippen LogP contribution is -2.37. The predicted octanol–water partition coefficient (Wildman–Crippen LogP) is 2.47. The zero-order valence-corrected chi connectivity index (χ0v) is 17.4. The lowest BCUT2D eigenvalue weighted by atomic mass is 10.1. The first-order valence-electron chi connectivity index (χ1n) is 9.17. The minimum Gasteiger partial charge on any atom is -0.378 e. The molecule has 0 saturated carbocycles. The fraction of sp³-hybridized carbons (Fsp3) is 0.350. The van der Waals surface area contributed by atoms with Gasteiger partial charge in [-0.15, -0.1) is 0 Å². The largest absolute Gasteiger partial charge is 0.378 e. The quantitative estimate of drug-likeness (QED) is 0.803. The van der Waals surface area contributed by atoms with Crippen molar-refractivity contribution in [3.63, 3.8) is 0 Å². The van der Waals surface area contributed by atoms with Crippen molar-refractivity contribution >= 4 is 27.3 Å². The molecule has 1 N–H and O–H groups in total. The minimum absolute atomic E-state index is 0.0282. The summed E-state index contributed by atoms with van der Waals surface area (Å²) in [6.07, 6.45) is 0. The van der Waals surface area contributed by atoms with E-state index in [4.69, 9.17) is 4.74 Å². The average Bonchev–Trinajstić information content (AvgIpc) is 2.70. The Kier molecular flexibility index (Phi) is 6.21. The van der Waals surface area contributed by atoms with Gasteiger partial charge in [0.25, 0.3) is 5.91 Å². The van der Waals surface area contributed by atoms with Crippen LogP contribution >= 0.6 is 0 Å². The Morgan fingerprint density at radius 2 is 1.83 bits per heavy atom. The van der Waals surface area contributed by atoms with E-state index in [1.165, 1.54) is 44.4 Å². The molecule has 29 heavy (non-hydrogen) atoms. The highest BCUT2D eigenvalue weighted by Crippen LogP contribution is 2.27. The highest BCUT2D eigenvalue weighted by atomic mass is 32.2. The number of halogens is 1. The van der Waals surface area contributed by atoms with Crippen LogP contribution in [0.3, 0.4) is 0 Å². The zero-order valence-electron chi connectivity index (χ0n) is 16.6. The van der Waals surface area contributed by atoms with Crippen LogP contribution in [-0.4, -0.2) is 59.0 Å². The van der Waals surface area contributed by atoms with Crippen LogP contribution in [-0.2, 0) is 14.8 Å². The van der Waals surface area contributed by atoms with Gasteiger partial charge in [0, 0.05) is 38.6 Å². The Bertz CT molecular complexity index is 1020. The third-order valence-corrected chi connectivity index (χ3v) is 6.59. The smallest absolute Gasteiger partial charge is 0.257 e. The first-order valence-corrected chi connectivity index (χ1v) is 10.6. The second-order valence-corrected chi connectivity index (χ2v) is 9.13. The van der Waals surface area contributed by atoms with Gasteiger partial charge >= 0.3 is 0 Å². The van der Waals surface area contributed by atoms with Crippen molar-refractivity contribution in [2.45, 2.75) is 11.8 Å². The molecule has 9 heteroatoms. The van der Waals surface area contributed by atoms with Crippen LogP contribution < -0.4 is 10.2 Å². The van der Waals surface area contributed by atoms with Crippen molar-refractivity contribution in [2.75, 3.05) is 50.6 Å². The van der Waals surface area contributed by atoms with Gasteiger partial charge < -0.3 is 15.0 Å². The number of carbonyl (C=O) groups excluding carboxylic acids is 1. The SMILES string of the molecule is Cc1cc(F)ccc1NC(=O)c1cc(S(=O)(=O)N(C)C)ccc1N1CCOCC1. The molecule has 1 amide bonds. The number of amides is 1. The van der Waals surface area contributed by atoms with Gasteiger partial charge in [0.05, 0.1) is 23.7 Å². The maximum atomic E-state index is 13.4. The van der Waals surface area contributed by atoms with E-state index in [0.29, 0.717) is 43.2 Å². The number of hydrogen-bond donors (Lipinski definition) is 1. The summed E-state index contributed by atoms with van der Waals surface area (Å²) in [7, 11) is -0.832. The lowest BCUT2D eigenvalue weighted by molar-refractivity contribution is 0.102. The van der Waals surface area contributed by atoms with E-state index in [9.17, 15) is 17.6 Å². The number of hydrogen-bond acceptors (Lipinski definition) is 5. The van der Waals surface area contributed by atoms with Crippen molar-refractivity contribution in [3.05, 3.63) is 53.3 Å². The highest BCUT2D eigenvalue weighted by molar-refractivity contribution is 7.89. The Balaban J connectivity index is 2.03. The van der Waals surface area contributed by atoms with Gasteiger partial charge in [-0.2, -0.15) is 0 Å². The summed E-state index contributed by atoms with van der Waals surface area (Å²) in [6, 6.07) is 8.60. The third kappa shape index (κ3) is 4.58. The van der Waals surface area contributed by atoms with Crippen LogP contribution in [0, 0.1) is 12.7 Å². The molecule has 0 unspecified atom stereocenters. The van der Waals surface area contributed by atoms with E-state index < -0.39 is 21.7 Å². The first-order chi connectivity index (χ1) is 13.7. The number of nitrogens with zero attached hydrogens (tertiary/aromatic N) is 2. The van der Waals surface area contributed by atoms with Crippen molar-refractivity contribution in [2.24, 2.45) is 0 Å².